The molecule has 0 spiro atoms. The lowest BCUT2D eigenvalue weighted by molar-refractivity contribution is 0.775. The first-order valence-corrected chi connectivity index (χ1v) is 7.67. The maximum atomic E-state index is 4.56. The Hall–Kier alpha value is -2.43. The average molecular weight is 293 g/mol. The maximum Gasteiger partial charge on any atom is 0.163 e. The van der Waals surface area contributed by atoms with Gasteiger partial charge >= 0.3 is 0 Å². The third-order valence-electron chi connectivity index (χ3n) is 4.20. The number of nitrogens with zero attached hydrogens (tertiary/aromatic N) is 5. The number of anilines is 1. The molecule has 0 amide bonds. The first-order valence-electron chi connectivity index (χ1n) is 7.67. The summed E-state index contributed by atoms with van der Waals surface area (Å²) < 4.78 is 1.80. The fourth-order valence-corrected chi connectivity index (χ4v) is 2.95. The highest BCUT2D eigenvalue weighted by Gasteiger charge is 2.31. The Bertz CT molecular complexity index is 819. The van der Waals surface area contributed by atoms with Gasteiger partial charge in [0.25, 0.3) is 0 Å². The molecule has 5 heteroatoms. The fourth-order valence-electron chi connectivity index (χ4n) is 2.95. The van der Waals surface area contributed by atoms with Crippen molar-refractivity contribution in [2.75, 3.05) is 4.90 Å². The molecule has 4 rings (SSSR count). The Balaban J connectivity index is 1.75. The summed E-state index contributed by atoms with van der Waals surface area (Å²) in [4.78, 5) is 11.3. The second-order valence-corrected chi connectivity index (χ2v) is 6.05. The van der Waals surface area contributed by atoms with Crippen molar-refractivity contribution in [3.05, 3.63) is 47.9 Å². The summed E-state index contributed by atoms with van der Waals surface area (Å²) in [7, 11) is 1.92. The van der Waals surface area contributed by atoms with E-state index in [-0.39, 0.29) is 0 Å². The van der Waals surface area contributed by atoms with Gasteiger partial charge in [0.1, 0.15) is 12.1 Å². The predicted octanol–water partition coefficient (Wildman–Crippen LogP) is 2.84. The summed E-state index contributed by atoms with van der Waals surface area (Å²) in [5.41, 5.74) is 3.50. The molecule has 1 aliphatic rings. The molecular weight excluding hydrogens is 274 g/mol. The molecule has 3 aromatic rings. The molecule has 0 unspecified atom stereocenters. The minimum Gasteiger partial charge on any atom is -0.349 e. The normalized spacial score (nSPS) is 14.5. The Morgan fingerprint density at radius 1 is 1.27 bits per heavy atom. The Labute approximate surface area is 129 Å². The van der Waals surface area contributed by atoms with E-state index in [9.17, 15) is 0 Å². The molecular formula is C17H19N5. The smallest absolute Gasteiger partial charge is 0.163 e. The van der Waals surface area contributed by atoms with Crippen LogP contribution in [0.15, 0.2) is 36.8 Å². The van der Waals surface area contributed by atoms with Crippen LogP contribution in [0, 0.1) is 6.92 Å². The molecule has 0 N–H and O–H groups in total. The van der Waals surface area contributed by atoms with E-state index in [2.05, 4.69) is 51.2 Å². The largest absolute Gasteiger partial charge is 0.349 e. The minimum absolute atomic E-state index is 0.582. The van der Waals surface area contributed by atoms with Gasteiger partial charge in [-0.15, -0.1) is 0 Å². The van der Waals surface area contributed by atoms with Crippen LogP contribution in [0.1, 0.15) is 24.0 Å². The van der Waals surface area contributed by atoms with Crippen molar-refractivity contribution in [1.82, 2.24) is 19.7 Å². The van der Waals surface area contributed by atoms with Gasteiger partial charge < -0.3 is 4.90 Å². The SMILES string of the molecule is Cc1cccc(CN(c2ncnc3c2cnn3C)C2CC2)c1. The standard InChI is InChI=1S/C17H19N5/c1-12-4-3-5-13(8-12)10-22(14-6-7-14)17-15-9-20-21(2)16(15)18-11-19-17/h3-5,8-9,11,14H,6-7,10H2,1-2H3. The summed E-state index contributed by atoms with van der Waals surface area (Å²) in [5, 5.41) is 5.36. The van der Waals surface area contributed by atoms with E-state index in [4.69, 9.17) is 0 Å². The zero-order valence-electron chi connectivity index (χ0n) is 12.9. The molecule has 2 aromatic heterocycles. The van der Waals surface area contributed by atoms with Gasteiger partial charge in [-0.25, -0.2) is 9.97 Å². The van der Waals surface area contributed by atoms with Crippen LogP contribution in [0.25, 0.3) is 11.0 Å². The van der Waals surface area contributed by atoms with Crippen molar-refractivity contribution in [2.24, 2.45) is 7.05 Å². The molecule has 0 bridgehead atoms. The van der Waals surface area contributed by atoms with Gasteiger partial charge in [-0.2, -0.15) is 5.10 Å². The molecule has 0 radical (unpaired) electrons. The van der Waals surface area contributed by atoms with Crippen molar-refractivity contribution in [1.29, 1.82) is 0 Å². The number of rotatable bonds is 4. The second kappa shape index (κ2) is 5.09. The average Bonchev–Trinajstić information content (AvgIpc) is 3.29. The zero-order chi connectivity index (χ0) is 15.1. The van der Waals surface area contributed by atoms with E-state index < -0.39 is 0 Å². The number of hydrogen-bond donors (Lipinski definition) is 0. The summed E-state index contributed by atoms with van der Waals surface area (Å²) >= 11 is 0. The Morgan fingerprint density at radius 2 is 2.14 bits per heavy atom. The molecule has 5 nitrogen and oxygen atoms in total. The number of fused-ring (bicyclic) bond motifs is 1. The minimum atomic E-state index is 0.582. The summed E-state index contributed by atoms with van der Waals surface area (Å²) in [6, 6.07) is 9.27. The van der Waals surface area contributed by atoms with Crippen LogP contribution in [0.4, 0.5) is 5.82 Å². The molecule has 1 aromatic carbocycles. The van der Waals surface area contributed by atoms with E-state index in [1.165, 1.54) is 24.0 Å². The zero-order valence-corrected chi connectivity index (χ0v) is 12.9. The number of aryl methyl sites for hydroxylation is 2. The highest BCUT2D eigenvalue weighted by molar-refractivity contribution is 5.86. The van der Waals surface area contributed by atoms with Crippen molar-refractivity contribution < 1.29 is 0 Å². The molecule has 112 valence electrons. The lowest BCUT2D eigenvalue weighted by Gasteiger charge is -2.24. The van der Waals surface area contributed by atoms with Gasteiger partial charge in [0, 0.05) is 19.6 Å². The monoisotopic (exact) mass is 293 g/mol. The third-order valence-corrected chi connectivity index (χ3v) is 4.20. The van der Waals surface area contributed by atoms with E-state index in [0.29, 0.717) is 6.04 Å². The fraction of sp³-hybridized carbons (Fsp3) is 0.353. The first-order chi connectivity index (χ1) is 10.7. The summed E-state index contributed by atoms with van der Waals surface area (Å²) in [6.45, 7) is 3.02. The topological polar surface area (TPSA) is 46.8 Å². The molecule has 1 saturated carbocycles. The Morgan fingerprint density at radius 3 is 2.91 bits per heavy atom. The highest BCUT2D eigenvalue weighted by Crippen LogP contribution is 2.35. The van der Waals surface area contributed by atoms with Crippen LogP contribution < -0.4 is 4.90 Å². The lowest BCUT2D eigenvalue weighted by atomic mass is 10.1. The number of aromatic nitrogens is 4. The predicted molar refractivity (Wildman–Crippen MR) is 86.7 cm³/mol. The summed E-state index contributed by atoms with van der Waals surface area (Å²) in [6.07, 6.45) is 5.98. The van der Waals surface area contributed by atoms with Gasteiger partial charge in [-0.3, -0.25) is 4.68 Å². The van der Waals surface area contributed by atoms with Crippen LogP contribution in [0.2, 0.25) is 0 Å². The quantitative estimate of drug-likeness (QED) is 0.742. The van der Waals surface area contributed by atoms with E-state index in [0.717, 1.165) is 23.4 Å². The van der Waals surface area contributed by atoms with Gasteiger partial charge in [0.05, 0.1) is 11.6 Å². The van der Waals surface area contributed by atoms with E-state index in [1.54, 1.807) is 11.0 Å². The van der Waals surface area contributed by atoms with Crippen molar-refractivity contribution >= 4 is 16.9 Å². The van der Waals surface area contributed by atoms with Crippen LogP contribution in [-0.2, 0) is 13.6 Å². The number of benzene rings is 1. The van der Waals surface area contributed by atoms with Gasteiger partial charge in [0.15, 0.2) is 5.65 Å². The van der Waals surface area contributed by atoms with Gasteiger partial charge in [0.2, 0.25) is 0 Å². The van der Waals surface area contributed by atoms with Crippen LogP contribution in [-0.4, -0.2) is 25.8 Å². The van der Waals surface area contributed by atoms with E-state index in [1.807, 2.05) is 13.2 Å². The second-order valence-electron chi connectivity index (χ2n) is 6.05. The molecule has 22 heavy (non-hydrogen) atoms. The third kappa shape index (κ3) is 2.32. The Kier molecular flexibility index (Phi) is 3.06. The molecule has 2 heterocycles. The molecule has 1 fully saturated rings. The first kappa shape index (κ1) is 13.2. The number of hydrogen-bond acceptors (Lipinski definition) is 4. The highest BCUT2D eigenvalue weighted by atomic mass is 15.3. The lowest BCUT2D eigenvalue weighted by Crippen LogP contribution is -2.26. The van der Waals surface area contributed by atoms with Crippen LogP contribution in [0.5, 0.6) is 0 Å². The molecule has 0 saturated heterocycles. The van der Waals surface area contributed by atoms with Gasteiger partial charge in [-0.05, 0) is 25.3 Å². The molecule has 1 aliphatic carbocycles. The van der Waals surface area contributed by atoms with Crippen molar-refractivity contribution in [3.63, 3.8) is 0 Å². The summed E-state index contributed by atoms with van der Waals surface area (Å²) in [5.74, 6) is 1.00. The van der Waals surface area contributed by atoms with Crippen molar-refractivity contribution in [3.8, 4) is 0 Å². The van der Waals surface area contributed by atoms with E-state index >= 15 is 0 Å². The molecule has 0 atom stereocenters. The molecule has 0 aliphatic heterocycles. The van der Waals surface area contributed by atoms with Crippen LogP contribution >= 0.6 is 0 Å². The van der Waals surface area contributed by atoms with Gasteiger partial charge in [-0.1, -0.05) is 29.8 Å². The van der Waals surface area contributed by atoms with Crippen molar-refractivity contribution in [2.45, 2.75) is 32.4 Å². The maximum absolute atomic E-state index is 4.56. The van der Waals surface area contributed by atoms with Crippen LogP contribution in [0.3, 0.4) is 0 Å².